The van der Waals surface area contributed by atoms with E-state index in [2.05, 4.69) is 28.2 Å². The van der Waals surface area contributed by atoms with Gasteiger partial charge in [-0.15, -0.1) is 17.7 Å². The second kappa shape index (κ2) is 3.37. The first-order valence-corrected chi connectivity index (χ1v) is 4.95. The summed E-state index contributed by atoms with van der Waals surface area (Å²) in [7, 11) is -3.97. The van der Waals surface area contributed by atoms with E-state index in [1.807, 2.05) is 0 Å². The predicted octanol–water partition coefficient (Wildman–Crippen LogP) is -1.15. The van der Waals surface area contributed by atoms with Crippen molar-refractivity contribution in [2.24, 2.45) is 0 Å². The third-order valence-electron chi connectivity index (χ3n) is 1.07. The number of thiol groups is 1. The van der Waals surface area contributed by atoms with Gasteiger partial charge < -0.3 is 0 Å². The zero-order chi connectivity index (χ0) is 9.19. The summed E-state index contributed by atoms with van der Waals surface area (Å²) in [5.41, 5.74) is 0. The van der Waals surface area contributed by atoms with Gasteiger partial charge in [-0.2, -0.15) is 8.42 Å². The second-order valence-electron chi connectivity index (χ2n) is 1.99. The Morgan fingerprint density at radius 1 is 1.58 bits per heavy atom. The number of hydrogen-bond acceptors (Lipinski definition) is 6. The van der Waals surface area contributed by atoms with E-state index in [9.17, 15) is 8.42 Å². The van der Waals surface area contributed by atoms with Crippen LogP contribution in [0.2, 0.25) is 0 Å². The number of rotatable bonds is 3. The third-order valence-corrected chi connectivity index (χ3v) is 2.09. The van der Waals surface area contributed by atoms with Crippen LogP contribution >= 0.6 is 12.6 Å². The molecule has 0 fully saturated rings. The molecule has 1 rings (SSSR count). The van der Waals surface area contributed by atoms with Crippen LogP contribution in [0.1, 0.15) is 0 Å². The smallest absolute Gasteiger partial charge is 0.266 e. The molecule has 0 aliphatic rings. The second-order valence-corrected chi connectivity index (χ2v) is 3.96. The van der Waals surface area contributed by atoms with Gasteiger partial charge in [0.2, 0.25) is 5.16 Å². The van der Waals surface area contributed by atoms with E-state index < -0.39 is 15.9 Å². The molecule has 1 heterocycles. The van der Waals surface area contributed by atoms with Crippen molar-refractivity contribution in [1.29, 1.82) is 0 Å². The maximum atomic E-state index is 10.3. The van der Waals surface area contributed by atoms with Gasteiger partial charge in [-0.3, -0.25) is 4.55 Å². The van der Waals surface area contributed by atoms with Gasteiger partial charge in [-0.25, -0.2) is 4.68 Å². The van der Waals surface area contributed by atoms with Gasteiger partial charge >= 0.3 is 0 Å². The first-order valence-electron chi connectivity index (χ1n) is 2.89. The van der Waals surface area contributed by atoms with Crippen molar-refractivity contribution in [2.45, 2.75) is 11.7 Å². The zero-order valence-electron chi connectivity index (χ0n) is 5.82. The normalized spacial score (nSPS) is 11.8. The van der Waals surface area contributed by atoms with Gasteiger partial charge in [0.25, 0.3) is 10.1 Å². The van der Waals surface area contributed by atoms with Crippen LogP contribution in [-0.4, -0.2) is 38.9 Å². The first kappa shape index (κ1) is 9.42. The SMILES string of the molecule is O=S(=O)(O)CCn1nnnc1S. The zero-order valence-corrected chi connectivity index (χ0v) is 7.53. The molecule has 1 N–H and O–H groups in total. The Morgan fingerprint density at radius 2 is 2.25 bits per heavy atom. The molecule has 0 bridgehead atoms. The molecule has 0 aliphatic carbocycles. The maximum Gasteiger partial charge on any atom is 0.266 e. The fourth-order valence-corrected chi connectivity index (χ4v) is 1.13. The van der Waals surface area contributed by atoms with E-state index in [-0.39, 0.29) is 11.7 Å². The molecule has 0 atom stereocenters. The van der Waals surface area contributed by atoms with E-state index in [0.717, 1.165) is 4.68 Å². The Kier molecular flexibility index (Phi) is 2.65. The molecule has 9 heteroatoms. The molecule has 0 aliphatic heterocycles. The van der Waals surface area contributed by atoms with Crippen LogP contribution in [0.5, 0.6) is 0 Å². The van der Waals surface area contributed by atoms with Crippen molar-refractivity contribution < 1.29 is 13.0 Å². The molecule has 0 saturated carbocycles. The van der Waals surface area contributed by atoms with Crippen molar-refractivity contribution in [3.63, 3.8) is 0 Å². The van der Waals surface area contributed by atoms with Gasteiger partial charge in [-0.05, 0) is 10.4 Å². The largest absolute Gasteiger partial charge is 0.285 e. The van der Waals surface area contributed by atoms with Gasteiger partial charge in [0, 0.05) is 0 Å². The molecule has 12 heavy (non-hydrogen) atoms. The Hall–Kier alpha value is -0.670. The molecule has 0 spiro atoms. The molecule has 0 amide bonds. The van der Waals surface area contributed by atoms with Crippen LogP contribution in [-0.2, 0) is 16.7 Å². The highest BCUT2D eigenvalue weighted by atomic mass is 32.2. The molecular formula is C3H6N4O3S2. The average Bonchev–Trinajstić information content (AvgIpc) is 2.29. The van der Waals surface area contributed by atoms with Crippen molar-refractivity contribution in [1.82, 2.24) is 20.2 Å². The molecule has 0 aromatic carbocycles. The number of tetrazole rings is 1. The Bertz CT molecular complexity index is 357. The highest BCUT2D eigenvalue weighted by Gasteiger charge is 2.07. The van der Waals surface area contributed by atoms with Crippen LogP contribution in [0.25, 0.3) is 0 Å². The number of nitrogens with zero attached hydrogens (tertiary/aromatic N) is 4. The van der Waals surface area contributed by atoms with Gasteiger partial charge in [-0.1, -0.05) is 0 Å². The van der Waals surface area contributed by atoms with E-state index in [1.165, 1.54) is 0 Å². The third kappa shape index (κ3) is 2.75. The van der Waals surface area contributed by atoms with E-state index in [4.69, 9.17) is 4.55 Å². The standard InChI is InChI=1S/C3H6N4O3S2/c8-12(9,10)2-1-7-3(11)4-5-6-7/h1-2H2,(H,4,6,11)(H,8,9,10). The van der Waals surface area contributed by atoms with E-state index in [1.54, 1.807) is 0 Å². The van der Waals surface area contributed by atoms with Crippen LogP contribution in [0.3, 0.4) is 0 Å². The number of aryl methyl sites for hydroxylation is 1. The van der Waals surface area contributed by atoms with Gasteiger partial charge in [0.05, 0.1) is 12.3 Å². The molecule has 1 aromatic heterocycles. The summed E-state index contributed by atoms with van der Waals surface area (Å²) in [4.78, 5) is 0. The lowest BCUT2D eigenvalue weighted by Gasteiger charge is -1.97. The van der Waals surface area contributed by atoms with E-state index >= 15 is 0 Å². The minimum absolute atomic E-state index is 0.00926. The summed E-state index contributed by atoms with van der Waals surface area (Å²) in [5, 5.41) is 10.3. The highest BCUT2D eigenvalue weighted by Crippen LogP contribution is 1.97. The minimum atomic E-state index is -3.97. The van der Waals surface area contributed by atoms with Crippen molar-refractivity contribution in [3.8, 4) is 0 Å². The summed E-state index contributed by atoms with van der Waals surface area (Å²) in [6, 6.07) is 0. The highest BCUT2D eigenvalue weighted by molar-refractivity contribution is 7.85. The van der Waals surface area contributed by atoms with Gasteiger partial charge in [0.15, 0.2) is 0 Å². The molecular weight excluding hydrogens is 204 g/mol. The fraction of sp³-hybridized carbons (Fsp3) is 0.667. The number of aromatic nitrogens is 4. The minimum Gasteiger partial charge on any atom is -0.285 e. The Balaban J connectivity index is 2.61. The lowest BCUT2D eigenvalue weighted by molar-refractivity contribution is 0.471. The quantitative estimate of drug-likeness (QED) is 0.483. The molecule has 0 radical (unpaired) electrons. The molecule has 1 aromatic rings. The molecule has 0 unspecified atom stereocenters. The van der Waals surface area contributed by atoms with Crippen LogP contribution in [0.4, 0.5) is 0 Å². The molecule has 7 nitrogen and oxygen atoms in total. The summed E-state index contributed by atoms with van der Waals surface area (Å²) in [6.45, 7) is -0.00926. The Morgan fingerprint density at radius 3 is 2.67 bits per heavy atom. The fourth-order valence-electron chi connectivity index (χ4n) is 0.546. The summed E-state index contributed by atoms with van der Waals surface area (Å²) in [6.07, 6.45) is 0. The summed E-state index contributed by atoms with van der Waals surface area (Å²) in [5.74, 6) is -0.425. The summed E-state index contributed by atoms with van der Waals surface area (Å²) >= 11 is 3.83. The summed E-state index contributed by atoms with van der Waals surface area (Å²) < 4.78 is 30.1. The topological polar surface area (TPSA) is 98.0 Å². The van der Waals surface area contributed by atoms with Crippen molar-refractivity contribution in [3.05, 3.63) is 0 Å². The van der Waals surface area contributed by atoms with Crippen LogP contribution in [0.15, 0.2) is 5.16 Å². The molecule has 68 valence electrons. The average molecular weight is 210 g/mol. The Labute approximate surface area is 73.9 Å². The van der Waals surface area contributed by atoms with Crippen molar-refractivity contribution in [2.75, 3.05) is 5.75 Å². The van der Waals surface area contributed by atoms with Crippen LogP contribution < -0.4 is 0 Å². The predicted molar refractivity (Wildman–Crippen MR) is 41.5 cm³/mol. The maximum absolute atomic E-state index is 10.3. The van der Waals surface area contributed by atoms with Crippen LogP contribution in [0, 0.1) is 0 Å². The lowest BCUT2D eigenvalue weighted by atomic mass is 10.8. The van der Waals surface area contributed by atoms with Crippen molar-refractivity contribution >= 4 is 22.7 Å². The van der Waals surface area contributed by atoms with Gasteiger partial charge in [0.1, 0.15) is 0 Å². The van der Waals surface area contributed by atoms with E-state index in [0.29, 0.717) is 0 Å². The number of hydrogen-bond donors (Lipinski definition) is 2. The lowest BCUT2D eigenvalue weighted by Crippen LogP contribution is -2.13. The monoisotopic (exact) mass is 210 g/mol. The molecule has 0 saturated heterocycles. The first-order chi connectivity index (χ1) is 5.49.